The molecule has 1 saturated carbocycles. The third kappa shape index (κ3) is 4.34. The first-order valence-electron chi connectivity index (χ1n) is 6.78. The quantitative estimate of drug-likeness (QED) is 0.782. The lowest BCUT2D eigenvalue weighted by Crippen LogP contribution is -2.20. The van der Waals surface area contributed by atoms with E-state index in [0.29, 0.717) is 6.04 Å². The average Bonchev–Trinajstić information content (AvgIpc) is 2.20. The summed E-state index contributed by atoms with van der Waals surface area (Å²) in [7, 11) is 0. The fourth-order valence-corrected chi connectivity index (χ4v) is 3.26. The molecule has 1 fully saturated rings. The van der Waals surface area contributed by atoms with Gasteiger partial charge in [0.05, 0.1) is 0 Å². The fraction of sp³-hybridized carbons (Fsp3) is 0.600. The molecule has 2 heteroatoms. The van der Waals surface area contributed by atoms with Gasteiger partial charge in [0.15, 0.2) is 0 Å². The number of nitrogens with one attached hydrogen (secondary N) is 1. The van der Waals surface area contributed by atoms with Gasteiger partial charge in [-0.2, -0.15) is 0 Å². The van der Waals surface area contributed by atoms with Gasteiger partial charge in [-0.1, -0.05) is 48.0 Å². The monoisotopic (exact) mass is 295 g/mol. The summed E-state index contributed by atoms with van der Waals surface area (Å²) in [5, 5.41) is 3.70. The second kappa shape index (κ2) is 6.44. The minimum absolute atomic E-state index is 0.670. The van der Waals surface area contributed by atoms with Gasteiger partial charge in [0.1, 0.15) is 0 Å². The van der Waals surface area contributed by atoms with Gasteiger partial charge in [-0.25, -0.2) is 0 Å². The zero-order valence-electron chi connectivity index (χ0n) is 10.6. The van der Waals surface area contributed by atoms with Crippen molar-refractivity contribution in [3.8, 4) is 0 Å². The first-order valence-corrected chi connectivity index (χ1v) is 7.57. The summed E-state index contributed by atoms with van der Waals surface area (Å²) < 4.78 is 1.17. The molecule has 0 radical (unpaired) electrons. The van der Waals surface area contributed by atoms with Gasteiger partial charge in [0.2, 0.25) is 0 Å². The van der Waals surface area contributed by atoms with E-state index in [1.54, 1.807) is 0 Å². The highest BCUT2D eigenvalue weighted by Crippen LogP contribution is 2.24. The molecule has 17 heavy (non-hydrogen) atoms. The van der Waals surface area contributed by atoms with Crippen LogP contribution < -0.4 is 5.32 Å². The molecule has 0 aromatic heterocycles. The molecule has 1 aromatic carbocycles. The van der Waals surface area contributed by atoms with Crippen molar-refractivity contribution in [2.45, 2.75) is 57.9 Å². The summed E-state index contributed by atoms with van der Waals surface area (Å²) in [6.07, 6.45) is 9.67. The maximum absolute atomic E-state index is 3.70. The summed E-state index contributed by atoms with van der Waals surface area (Å²) in [6, 6.07) is 7.25. The van der Waals surface area contributed by atoms with Crippen LogP contribution >= 0.6 is 15.9 Å². The number of anilines is 1. The second-order valence-corrected chi connectivity index (χ2v) is 6.12. The summed E-state index contributed by atoms with van der Waals surface area (Å²) >= 11 is 3.57. The molecule has 0 unspecified atom stereocenters. The lowest BCUT2D eigenvalue weighted by molar-refractivity contribution is 0.471. The lowest BCUT2D eigenvalue weighted by atomic mass is 9.96. The van der Waals surface area contributed by atoms with E-state index in [1.165, 1.54) is 60.7 Å². The lowest BCUT2D eigenvalue weighted by Gasteiger charge is -2.22. The van der Waals surface area contributed by atoms with E-state index in [9.17, 15) is 0 Å². The molecular weight excluding hydrogens is 274 g/mol. The largest absolute Gasteiger partial charge is 0.382 e. The van der Waals surface area contributed by atoms with Crippen molar-refractivity contribution in [1.29, 1.82) is 0 Å². The Morgan fingerprint density at radius 1 is 1.00 bits per heavy atom. The van der Waals surface area contributed by atoms with Gasteiger partial charge in [0, 0.05) is 16.2 Å². The molecule has 0 amide bonds. The SMILES string of the molecule is Cc1cc(Br)cc(NC2CCCCCCC2)c1. The van der Waals surface area contributed by atoms with Gasteiger partial charge in [0.25, 0.3) is 0 Å². The minimum Gasteiger partial charge on any atom is -0.382 e. The molecule has 1 aliphatic rings. The van der Waals surface area contributed by atoms with Crippen LogP contribution in [0.2, 0.25) is 0 Å². The minimum atomic E-state index is 0.670. The van der Waals surface area contributed by atoms with E-state index < -0.39 is 0 Å². The third-order valence-corrected chi connectivity index (χ3v) is 3.98. The van der Waals surface area contributed by atoms with Crippen LogP contribution in [0.4, 0.5) is 5.69 Å². The molecule has 1 nitrogen and oxygen atoms in total. The van der Waals surface area contributed by atoms with E-state index in [-0.39, 0.29) is 0 Å². The third-order valence-electron chi connectivity index (χ3n) is 3.52. The topological polar surface area (TPSA) is 12.0 Å². The van der Waals surface area contributed by atoms with Crippen LogP contribution in [0.5, 0.6) is 0 Å². The Hall–Kier alpha value is -0.500. The maximum atomic E-state index is 3.70. The summed E-state index contributed by atoms with van der Waals surface area (Å²) in [6.45, 7) is 2.15. The Bertz CT molecular complexity index is 334. The standard InChI is InChI=1S/C15H22BrN/c1-12-9-13(16)11-15(10-12)17-14-7-5-3-2-4-6-8-14/h9-11,14,17H,2-8H2,1H3. The number of benzene rings is 1. The van der Waals surface area contributed by atoms with Crippen LogP contribution in [0.3, 0.4) is 0 Å². The summed E-state index contributed by atoms with van der Waals surface area (Å²) in [5.41, 5.74) is 2.58. The van der Waals surface area contributed by atoms with Crippen LogP contribution in [0.25, 0.3) is 0 Å². The summed E-state index contributed by atoms with van der Waals surface area (Å²) in [4.78, 5) is 0. The normalized spacial score (nSPS) is 18.5. The van der Waals surface area contributed by atoms with Gasteiger partial charge < -0.3 is 5.32 Å². The van der Waals surface area contributed by atoms with Crippen molar-refractivity contribution in [3.63, 3.8) is 0 Å². The number of halogens is 1. The van der Waals surface area contributed by atoms with Crippen LogP contribution in [-0.4, -0.2) is 6.04 Å². The highest BCUT2D eigenvalue weighted by atomic mass is 79.9. The van der Waals surface area contributed by atoms with Crippen molar-refractivity contribution < 1.29 is 0 Å². The first-order chi connectivity index (χ1) is 8.24. The van der Waals surface area contributed by atoms with E-state index in [4.69, 9.17) is 0 Å². The number of aryl methyl sites for hydroxylation is 1. The molecule has 0 heterocycles. The fourth-order valence-electron chi connectivity index (χ4n) is 2.66. The molecule has 1 aliphatic carbocycles. The zero-order valence-corrected chi connectivity index (χ0v) is 12.2. The Kier molecular flexibility index (Phi) is 4.90. The highest BCUT2D eigenvalue weighted by molar-refractivity contribution is 9.10. The molecule has 0 bridgehead atoms. The molecule has 0 saturated heterocycles. The van der Waals surface area contributed by atoms with E-state index in [1.807, 2.05) is 0 Å². The maximum Gasteiger partial charge on any atom is 0.0356 e. The number of hydrogen-bond acceptors (Lipinski definition) is 1. The van der Waals surface area contributed by atoms with E-state index in [2.05, 4.69) is 46.4 Å². The molecule has 0 aliphatic heterocycles. The van der Waals surface area contributed by atoms with Crippen molar-refractivity contribution in [1.82, 2.24) is 0 Å². The molecule has 94 valence electrons. The number of hydrogen-bond donors (Lipinski definition) is 1. The van der Waals surface area contributed by atoms with Crippen LogP contribution in [0.15, 0.2) is 22.7 Å². The van der Waals surface area contributed by atoms with Crippen LogP contribution in [0.1, 0.15) is 50.5 Å². The van der Waals surface area contributed by atoms with Crippen LogP contribution in [0, 0.1) is 6.92 Å². The van der Waals surface area contributed by atoms with Crippen molar-refractivity contribution >= 4 is 21.6 Å². The van der Waals surface area contributed by atoms with Gasteiger partial charge in [-0.3, -0.25) is 0 Å². The van der Waals surface area contributed by atoms with Gasteiger partial charge in [-0.15, -0.1) is 0 Å². The molecule has 0 atom stereocenters. The Morgan fingerprint density at radius 3 is 2.29 bits per heavy atom. The van der Waals surface area contributed by atoms with Crippen molar-refractivity contribution in [2.75, 3.05) is 5.32 Å². The highest BCUT2D eigenvalue weighted by Gasteiger charge is 2.11. The second-order valence-electron chi connectivity index (χ2n) is 5.20. The van der Waals surface area contributed by atoms with E-state index >= 15 is 0 Å². The van der Waals surface area contributed by atoms with Gasteiger partial charge >= 0.3 is 0 Å². The smallest absolute Gasteiger partial charge is 0.0356 e. The summed E-state index contributed by atoms with van der Waals surface area (Å²) in [5.74, 6) is 0. The Labute approximate surface area is 113 Å². The average molecular weight is 296 g/mol. The molecule has 2 rings (SSSR count). The van der Waals surface area contributed by atoms with Gasteiger partial charge in [-0.05, 0) is 43.5 Å². The Balaban J connectivity index is 1.97. The molecule has 0 spiro atoms. The Morgan fingerprint density at radius 2 is 1.65 bits per heavy atom. The van der Waals surface area contributed by atoms with Crippen molar-refractivity contribution in [2.24, 2.45) is 0 Å². The molecule has 1 aromatic rings. The zero-order chi connectivity index (χ0) is 12.1. The first kappa shape index (κ1) is 12.9. The predicted octanol–water partition coefficient (Wildman–Crippen LogP) is 5.28. The predicted molar refractivity (Wildman–Crippen MR) is 78.6 cm³/mol. The number of rotatable bonds is 2. The van der Waals surface area contributed by atoms with Crippen LogP contribution in [-0.2, 0) is 0 Å². The van der Waals surface area contributed by atoms with E-state index in [0.717, 1.165) is 0 Å². The molecule has 1 N–H and O–H groups in total. The molecular formula is C15H22BrN. The van der Waals surface area contributed by atoms with Crippen molar-refractivity contribution in [3.05, 3.63) is 28.2 Å².